The zero-order chi connectivity index (χ0) is 14.0. The van der Waals surface area contributed by atoms with Crippen LogP contribution in [0.4, 0.5) is 5.69 Å². The molecule has 110 valence electrons. The molecule has 3 rings (SSSR count). The Hall–Kier alpha value is -1.22. The Morgan fingerprint density at radius 3 is 3.10 bits per heavy atom. The van der Waals surface area contributed by atoms with E-state index in [2.05, 4.69) is 42.3 Å². The van der Waals surface area contributed by atoms with Gasteiger partial charge < -0.3 is 15.0 Å². The Labute approximate surface area is 122 Å². The minimum Gasteiger partial charge on any atom is -0.493 e. The highest BCUT2D eigenvalue weighted by atomic mass is 16.5. The summed E-state index contributed by atoms with van der Waals surface area (Å²) >= 11 is 0. The molecule has 1 unspecified atom stereocenters. The van der Waals surface area contributed by atoms with Gasteiger partial charge in [-0.2, -0.15) is 0 Å². The molecule has 1 saturated heterocycles. The van der Waals surface area contributed by atoms with Gasteiger partial charge in [0.25, 0.3) is 0 Å². The molecule has 1 aromatic carbocycles. The van der Waals surface area contributed by atoms with Crippen molar-refractivity contribution in [3.8, 4) is 5.75 Å². The summed E-state index contributed by atoms with van der Waals surface area (Å²) in [6.45, 7) is 10.0. The molecular weight excluding hydrogens is 248 g/mol. The number of aryl methyl sites for hydroxylation is 1. The van der Waals surface area contributed by atoms with Crippen LogP contribution in [0.2, 0.25) is 0 Å². The van der Waals surface area contributed by atoms with Crippen molar-refractivity contribution >= 4 is 5.69 Å². The number of benzene rings is 1. The Morgan fingerprint density at radius 2 is 2.30 bits per heavy atom. The lowest BCUT2D eigenvalue weighted by molar-refractivity contribution is 0.164. The fourth-order valence-corrected chi connectivity index (χ4v) is 3.30. The number of fused-ring (bicyclic) bond motifs is 1. The first kappa shape index (κ1) is 13.7. The standard InChI is InChI=1S/C17H26N2O/c1-3-19-10-8-17(2,12-19)13-20-15-7-6-14-5-4-9-18-16(14)11-15/h6-7,11,18H,3-5,8-10,12-13H2,1-2H3. The first-order valence-electron chi connectivity index (χ1n) is 7.90. The Bertz CT molecular complexity index is 474. The molecule has 0 saturated carbocycles. The van der Waals surface area contributed by atoms with Gasteiger partial charge in [0.1, 0.15) is 5.75 Å². The van der Waals surface area contributed by atoms with Gasteiger partial charge in [0, 0.05) is 30.3 Å². The maximum absolute atomic E-state index is 6.09. The molecule has 0 aliphatic carbocycles. The Balaban J connectivity index is 1.61. The van der Waals surface area contributed by atoms with E-state index in [4.69, 9.17) is 4.74 Å². The topological polar surface area (TPSA) is 24.5 Å². The molecule has 0 bridgehead atoms. The largest absolute Gasteiger partial charge is 0.493 e. The van der Waals surface area contributed by atoms with Crippen LogP contribution in [0.3, 0.4) is 0 Å². The second-order valence-electron chi connectivity index (χ2n) is 6.57. The maximum atomic E-state index is 6.09. The minimum atomic E-state index is 0.305. The van der Waals surface area contributed by atoms with Crippen LogP contribution < -0.4 is 10.1 Å². The smallest absolute Gasteiger partial charge is 0.121 e. The van der Waals surface area contributed by atoms with E-state index in [9.17, 15) is 0 Å². The zero-order valence-corrected chi connectivity index (χ0v) is 12.7. The molecule has 0 spiro atoms. The summed E-state index contributed by atoms with van der Waals surface area (Å²) in [4.78, 5) is 2.51. The van der Waals surface area contributed by atoms with Gasteiger partial charge in [0.15, 0.2) is 0 Å². The quantitative estimate of drug-likeness (QED) is 0.913. The molecular formula is C17H26N2O. The SMILES string of the molecule is CCN1CCC(C)(COc2ccc3c(c2)NCCC3)C1. The monoisotopic (exact) mass is 274 g/mol. The third kappa shape index (κ3) is 2.93. The third-order valence-corrected chi connectivity index (χ3v) is 4.69. The molecule has 1 fully saturated rings. The molecule has 3 heteroatoms. The number of anilines is 1. The van der Waals surface area contributed by atoms with Crippen LogP contribution in [0.5, 0.6) is 5.75 Å². The van der Waals surface area contributed by atoms with Crippen molar-refractivity contribution in [3.05, 3.63) is 23.8 Å². The van der Waals surface area contributed by atoms with Gasteiger partial charge in [0.2, 0.25) is 0 Å². The first-order valence-corrected chi connectivity index (χ1v) is 7.90. The molecule has 1 atom stereocenters. The Morgan fingerprint density at radius 1 is 1.40 bits per heavy atom. The normalized spacial score (nSPS) is 26.1. The summed E-state index contributed by atoms with van der Waals surface area (Å²) < 4.78 is 6.09. The Kier molecular flexibility index (Phi) is 3.88. The summed E-state index contributed by atoms with van der Waals surface area (Å²) in [5.74, 6) is 1.01. The van der Waals surface area contributed by atoms with Crippen molar-refractivity contribution in [2.45, 2.75) is 33.1 Å². The molecule has 0 amide bonds. The van der Waals surface area contributed by atoms with Gasteiger partial charge in [-0.25, -0.2) is 0 Å². The molecule has 0 radical (unpaired) electrons. The summed E-state index contributed by atoms with van der Waals surface area (Å²) in [6.07, 6.45) is 3.66. The van der Waals surface area contributed by atoms with E-state index in [1.807, 2.05) is 0 Å². The van der Waals surface area contributed by atoms with Crippen molar-refractivity contribution in [2.75, 3.05) is 38.1 Å². The van der Waals surface area contributed by atoms with Crippen molar-refractivity contribution < 1.29 is 4.74 Å². The zero-order valence-electron chi connectivity index (χ0n) is 12.7. The van der Waals surface area contributed by atoms with Gasteiger partial charge in [-0.15, -0.1) is 0 Å². The average molecular weight is 274 g/mol. The minimum absolute atomic E-state index is 0.305. The lowest BCUT2D eigenvalue weighted by Gasteiger charge is -2.25. The number of hydrogen-bond donors (Lipinski definition) is 1. The van der Waals surface area contributed by atoms with Crippen LogP contribution in [-0.4, -0.2) is 37.7 Å². The maximum Gasteiger partial charge on any atom is 0.121 e. The van der Waals surface area contributed by atoms with Crippen molar-refractivity contribution in [3.63, 3.8) is 0 Å². The van der Waals surface area contributed by atoms with Gasteiger partial charge in [-0.3, -0.25) is 0 Å². The van der Waals surface area contributed by atoms with Crippen LogP contribution in [0.15, 0.2) is 18.2 Å². The number of ether oxygens (including phenoxy) is 1. The predicted molar refractivity (Wildman–Crippen MR) is 83.6 cm³/mol. The summed E-state index contributed by atoms with van der Waals surface area (Å²) in [5, 5.41) is 3.47. The van der Waals surface area contributed by atoms with Crippen molar-refractivity contribution in [1.82, 2.24) is 4.90 Å². The van der Waals surface area contributed by atoms with E-state index in [0.717, 1.165) is 32.0 Å². The van der Waals surface area contributed by atoms with Crippen molar-refractivity contribution in [1.29, 1.82) is 0 Å². The summed E-state index contributed by atoms with van der Waals surface area (Å²) in [7, 11) is 0. The van der Waals surface area contributed by atoms with Crippen LogP contribution >= 0.6 is 0 Å². The van der Waals surface area contributed by atoms with Crippen molar-refractivity contribution in [2.24, 2.45) is 5.41 Å². The van der Waals surface area contributed by atoms with Crippen LogP contribution in [0, 0.1) is 5.41 Å². The summed E-state index contributed by atoms with van der Waals surface area (Å²) in [6, 6.07) is 6.51. The van der Waals surface area contributed by atoms with Crippen LogP contribution in [0.1, 0.15) is 32.3 Å². The number of nitrogens with zero attached hydrogens (tertiary/aromatic N) is 1. The van der Waals surface area contributed by atoms with E-state index >= 15 is 0 Å². The summed E-state index contributed by atoms with van der Waals surface area (Å²) in [5.41, 5.74) is 2.99. The van der Waals surface area contributed by atoms with E-state index < -0.39 is 0 Å². The second-order valence-corrected chi connectivity index (χ2v) is 6.57. The van der Waals surface area contributed by atoms with E-state index in [1.165, 1.54) is 37.1 Å². The number of nitrogens with one attached hydrogen (secondary N) is 1. The van der Waals surface area contributed by atoms with E-state index in [0.29, 0.717) is 5.41 Å². The van der Waals surface area contributed by atoms with Gasteiger partial charge in [0.05, 0.1) is 6.61 Å². The second kappa shape index (κ2) is 5.65. The molecule has 2 aliphatic rings. The fourth-order valence-electron chi connectivity index (χ4n) is 3.30. The van der Waals surface area contributed by atoms with Gasteiger partial charge in [-0.05, 0) is 44.0 Å². The molecule has 1 N–H and O–H groups in total. The molecule has 2 aliphatic heterocycles. The molecule has 20 heavy (non-hydrogen) atoms. The average Bonchev–Trinajstić information content (AvgIpc) is 2.87. The molecule has 0 aromatic heterocycles. The van der Waals surface area contributed by atoms with Crippen LogP contribution in [-0.2, 0) is 6.42 Å². The fraction of sp³-hybridized carbons (Fsp3) is 0.647. The number of rotatable bonds is 4. The van der Waals surface area contributed by atoms with E-state index in [-0.39, 0.29) is 0 Å². The highest BCUT2D eigenvalue weighted by Crippen LogP contribution is 2.32. The molecule has 1 aromatic rings. The number of hydrogen-bond acceptors (Lipinski definition) is 3. The van der Waals surface area contributed by atoms with E-state index in [1.54, 1.807) is 0 Å². The molecule has 3 nitrogen and oxygen atoms in total. The predicted octanol–water partition coefficient (Wildman–Crippen LogP) is 3.16. The lowest BCUT2D eigenvalue weighted by atomic mass is 9.91. The highest BCUT2D eigenvalue weighted by molar-refractivity contribution is 5.56. The van der Waals surface area contributed by atoms with Crippen LogP contribution in [0.25, 0.3) is 0 Å². The number of likely N-dealkylation sites (tertiary alicyclic amines) is 1. The highest BCUT2D eigenvalue weighted by Gasteiger charge is 2.33. The van der Waals surface area contributed by atoms with Gasteiger partial charge >= 0.3 is 0 Å². The molecule has 2 heterocycles. The van der Waals surface area contributed by atoms with Gasteiger partial charge in [-0.1, -0.05) is 19.9 Å². The lowest BCUT2D eigenvalue weighted by Crippen LogP contribution is -2.29. The third-order valence-electron chi connectivity index (χ3n) is 4.69. The first-order chi connectivity index (χ1) is 9.68.